The Hall–Kier alpha value is -2.75. The standard InChI is InChI=1S/C23H24F2N2O2/c1-3-16-5-4-6-18(9-16)23(7-8-23)26-14-22(29)21(27-15(2)28)12-17-10-19(24)13-20(25)11-17/h1,4-6,9-11,13,21-22,26,29H,7-8,12,14H2,2H3,(H,27,28). The van der Waals surface area contributed by atoms with E-state index in [1.165, 1.54) is 19.1 Å². The van der Waals surface area contributed by atoms with E-state index in [1.807, 2.05) is 24.3 Å². The van der Waals surface area contributed by atoms with Gasteiger partial charge in [0.15, 0.2) is 0 Å². The Morgan fingerprint density at radius 3 is 2.52 bits per heavy atom. The predicted molar refractivity (Wildman–Crippen MR) is 107 cm³/mol. The van der Waals surface area contributed by atoms with Gasteiger partial charge in [-0.05, 0) is 54.7 Å². The highest BCUT2D eigenvalue weighted by Gasteiger charge is 2.44. The number of amides is 1. The highest BCUT2D eigenvalue weighted by atomic mass is 19.1. The van der Waals surface area contributed by atoms with Crippen molar-refractivity contribution in [2.45, 2.75) is 43.9 Å². The molecule has 0 radical (unpaired) electrons. The molecule has 2 aromatic carbocycles. The second-order valence-corrected chi connectivity index (χ2v) is 7.54. The first-order valence-corrected chi connectivity index (χ1v) is 9.54. The van der Waals surface area contributed by atoms with Crippen LogP contribution in [0.1, 0.15) is 36.5 Å². The van der Waals surface area contributed by atoms with Crippen LogP contribution in [0.3, 0.4) is 0 Å². The van der Waals surface area contributed by atoms with Crippen molar-refractivity contribution < 1.29 is 18.7 Å². The van der Waals surface area contributed by atoms with Crippen LogP contribution < -0.4 is 10.6 Å². The molecule has 0 spiro atoms. The number of aliphatic hydroxyl groups excluding tert-OH is 1. The normalized spacial score (nSPS) is 16.5. The first-order chi connectivity index (χ1) is 13.8. The molecular formula is C23H24F2N2O2. The maximum Gasteiger partial charge on any atom is 0.217 e. The number of hydrogen-bond acceptors (Lipinski definition) is 3. The van der Waals surface area contributed by atoms with Crippen LogP contribution in [0.4, 0.5) is 8.78 Å². The summed E-state index contributed by atoms with van der Waals surface area (Å²) in [6.45, 7) is 1.55. The van der Waals surface area contributed by atoms with Gasteiger partial charge < -0.3 is 15.7 Å². The Labute approximate surface area is 169 Å². The van der Waals surface area contributed by atoms with Crippen LogP contribution in [-0.2, 0) is 16.8 Å². The average molecular weight is 398 g/mol. The monoisotopic (exact) mass is 398 g/mol. The quantitative estimate of drug-likeness (QED) is 0.599. The third-order valence-electron chi connectivity index (χ3n) is 5.21. The number of terminal acetylenes is 1. The van der Waals surface area contributed by atoms with Gasteiger partial charge in [-0.2, -0.15) is 0 Å². The number of benzene rings is 2. The summed E-state index contributed by atoms with van der Waals surface area (Å²) in [4.78, 5) is 11.6. The van der Waals surface area contributed by atoms with Crippen molar-refractivity contribution in [1.29, 1.82) is 0 Å². The summed E-state index contributed by atoms with van der Waals surface area (Å²) < 4.78 is 27.0. The van der Waals surface area contributed by atoms with Gasteiger partial charge in [0.25, 0.3) is 0 Å². The molecule has 1 fully saturated rings. The van der Waals surface area contributed by atoms with Gasteiger partial charge in [-0.3, -0.25) is 4.79 Å². The molecule has 1 aliphatic carbocycles. The van der Waals surface area contributed by atoms with Gasteiger partial charge in [0.2, 0.25) is 5.91 Å². The lowest BCUT2D eigenvalue weighted by Gasteiger charge is -2.27. The minimum atomic E-state index is -0.946. The Kier molecular flexibility index (Phi) is 6.31. The molecule has 1 amide bonds. The number of rotatable bonds is 8. The highest BCUT2D eigenvalue weighted by molar-refractivity contribution is 5.73. The number of aliphatic hydroxyl groups is 1. The minimum absolute atomic E-state index is 0.108. The fourth-order valence-corrected chi connectivity index (χ4v) is 3.57. The molecule has 0 saturated heterocycles. The van der Waals surface area contributed by atoms with Crippen LogP contribution in [0.5, 0.6) is 0 Å². The van der Waals surface area contributed by atoms with Gasteiger partial charge in [-0.15, -0.1) is 6.42 Å². The van der Waals surface area contributed by atoms with E-state index >= 15 is 0 Å². The molecular weight excluding hydrogens is 374 g/mol. The zero-order valence-corrected chi connectivity index (χ0v) is 16.2. The molecule has 0 aromatic heterocycles. The van der Waals surface area contributed by atoms with Crippen molar-refractivity contribution in [1.82, 2.24) is 10.6 Å². The van der Waals surface area contributed by atoms with Crippen molar-refractivity contribution in [3.8, 4) is 12.3 Å². The molecule has 0 heterocycles. The maximum absolute atomic E-state index is 13.5. The second-order valence-electron chi connectivity index (χ2n) is 7.54. The third-order valence-corrected chi connectivity index (χ3v) is 5.21. The van der Waals surface area contributed by atoms with Crippen molar-refractivity contribution >= 4 is 5.91 Å². The molecule has 1 aliphatic rings. The molecule has 0 bridgehead atoms. The van der Waals surface area contributed by atoms with Crippen LogP contribution in [0.15, 0.2) is 42.5 Å². The second kappa shape index (κ2) is 8.73. The number of halogens is 2. The minimum Gasteiger partial charge on any atom is -0.390 e. The predicted octanol–water partition coefficient (Wildman–Crippen LogP) is 2.63. The van der Waals surface area contributed by atoms with E-state index in [-0.39, 0.29) is 24.4 Å². The van der Waals surface area contributed by atoms with Crippen LogP contribution in [0.25, 0.3) is 0 Å². The largest absolute Gasteiger partial charge is 0.390 e. The average Bonchev–Trinajstić information content (AvgIpc) is 3.46. The molecule has 6 heteroatoms. The summed E-state index contributed by atoms with van der Waals surface area (Å²) in [5.41, 5.74) is 1.96. The summed E-state index contributed by atoms with van der Waals surface area (Å²) in [6.07, 6.45) is 6.46. The number of hydrogen-bond donors (Lipinski definition) is 3. The molecule has 4 nitrogen and oxygen atoms in total. The van der Waals surface area contributed by atoms with E-state index in [0.717, 1.165) is 30.0 Å². The zero-order chi connectivity index (χ0) is 21.0. The van der Waals surface area contributed by atoms with Crippen molar-refractivity contribution in [2.24, 2.45) is 0 Å². The molecule has 3 N–H and O–H groups in total. The molecule has 1 saturated carbocycles. The van der Waals surface area contributed by atoms with Crippen LogP contribution in [0, 0.1) is 24.0 Å². The third kappa shape index (κ3) is 5.41. The molecule has 2 unspecified atom stereocenters. The summed E-state index contributed by atoms with van der Waals surface area (Å²) in [5, 5.41) is 16.8. The number of carbonyl (C=O) groups is 1. The fourth-order valence-electron chi connectivity index (χ4n) is 3.57. The van der Waals surface area contributed by atoms with Gasteiger partial charge in [0.1, 0.15) is 11.6 Å². The van der Waals surface area contributed by atoms with E-state index < -0.39 is 23.8 Å². The topological polar surface area (TPSA) is 61.4 Å². The Morgan fingerprint density at radius 1 is 1.24 bits per heavy atom. The molecule has 2 atom stereocenters. The van der Waals surface area contributed by atoms with E-state index in [2.05, 4.69) is 16.6 Å². The molecule has 152 valence electrons. The molecule has 29 heavy (non-hydrogen) atoms. The molecule has 3 rings (SSSR count). The van der Waals surface area contributed by atoms with Gasteiger partial charge in [0.05, 0.1) is 12.1 Å². The lowest BCUT2D eigenvalue weighted by atomic mass is 9.98. The molecule has 2 aromatic rings. The summed E-state index contributed by atoms with van der Waals surface area (Å²) >= 11 is 0. The van der Waals surface area contributed by atoms with E-state index in [1.54, 1.807) is 0 Å². The lowest BCUT2D eigenvalue weighted by molar-refractivity contribution is -0.120. The van der Waals surface area contributed by atoms with Crippen LogP contribution in [-0.4, -0.2) is 29.7 Å². The zero-order valence-electron chi connectivity index (χ0n) is 16.2. The smallest absolute Gasteiger partial charge is 0.217 e. The van der Waals surface area contributed by atoms with E-state index in [4.69, 9.17) is 6.42 Å². The summed E-state index contributed by atoms with van der Waals surface area (Å²) in [7, 11) is 0. The van der Waals surface area contributed by atoms with E-state index in [0.29, 0.717) is 5.56 Å². The van der Waals surface area contributed by atoms with Crippen molar-refractivity contribution in [3.05, 3.63) is 70.8 Å². The Balaban J connectivity index is 1.69. The van der Waals surface area contributed by atoms with E-state index in [9.17, 15) is 18.7 Å². The maximum atomic E-state index is 13.5. The highest BCUT2D eigenvalue weighted by Crippen LogP contribution is 2.45. The summed E-state index contributed by atoms with van der Waals surface area (Å²) in [6, 6.07) is 10.2. The SMILES string of the molecule is C#Cc1cccc(C2(NCC(O)C(Cc3cc(F)cc(F)c3)NC(C)=O)CC2)c1. The van der Waals surface area contributed by atoms with Crippen LogP contribution in [0.2, 0.25) is 0 Å². The van der Waals surface area contributed by atoms with Gasteiger partial charge in [-0.1, -0.05) is 18.1 Å². The van der Waals surface area contributed by atoms with Gasteiger partial charge >= 0.3 is 0 Å². The van der Waals surface area contributed by atoms with Gasteiger partial charge in [-0.25, -0.2) is 8.78 Å². The Bertz CT molecular complexity index is 914. The first-order valence-electron chi connectivity index (χ1n) is 9.54. The Morgan fingerprint density at radius 2 is 1.93 bits per heavy atom. The van der Waals surface area contributed by atoms with Crippen LogP contribution >= 0.6 is 0 Å². The fraction of sp³-hybridized carbons (Fsp3) is 0.348. The van der Waals surface area contributed by atoms with Crippen molar-refractivity contribution in [3.63, 3.8) is 0 Å². The number of carbonyl (C=O) groups excluding carboxylic acids is 1. The lowest BCUT2D eigenvalue weighted by Crippen LogP contribution is -2.49. The summed E-state index contributed by atoms with van der Waals surface area (Å²) in [5.74, 6) is 0.907. The van der Waals surface area contributed by atoms with Crippen molar-refractivity contribution in [2.75, 3.05) is 6.54 Å². The first kappa shape index (κ1) is 21.0. The number of nitrogens with one attached hydrogen (secondary N) is 2. The molecule has 0 aliphatic heterocycles. The van der Waals surface area contributed by atoms with Gasteiger partial charge in [0, 0.05) is 30.6 Å².